The molecule has 5 heteroatoms. The van der Waals surface area contributed by atoms with E-state index >= 15 is 0 Å². The van der Waals surface area contributed by atoms with Crippen molar-refractivity contribution in [1.29, 1.82) is 0 Å². The Balaban J connectivity index is 1.56. The number of carbonyl (C=O) groups excluding carboxylic acids is 1. The fraction of sp³-hybridized carbons (Fsp3) is 0.964. The largest absolute Gasteiger partial charge is 0.390 e. The Hall–Kier alpha value is -0.490. The van der Waals surface area contributed by atoms with Gasteiger partial charge < -0.3 is 20.4 Å². The minimum atomic E-state index is -0.782. The summed E-state index contributed by atoms with van der Waals surface area (Å²) in [5, 5.41) is 42.8. The van der Waals surface area contributed by atoms with Crippen molar-refractivity contribution in [1.82, 2.24) is 0 Å². The Labute approximate surface area is 200 Å². The predicted molar refractivity (Wildman–Crippen MR) is 128 cm³/mol. The van der Waals surface area contributed by atoms with Crippen LogP contribution in [0.5, 0.6) is 0 Å². The Morgan fingerprint density at radius 2 is 1.52 bits per heavy atom. The Kier molecular flexibility index (Phi) is 6.88. The van der Waals surface area contributed by atoms with Crippen LogP contribution < -0.4 is 0 Å². The molecule has 4 fully saturated rings. The van der Waals surface area contributed by atoms with Crippen molar-refractivity contribution in [2.75, 3.05) is 0 Å². The number of carbonyl (C=O) groups is 1. The van der Waals surface area contributed by atoms with Crippen LogP contribution in [-0.4, -0.2) is 50.6 Å². The van der Waals surface area contributed by atoms with Crippen LogP contribution in [0.15, 0.2) is 0 Å². The van der Waals surface area contributed by atoms with Crippen molar-refractivity contribution >= 4 is 5.78 Å². The summed E-state index contributed by atoms with van der Waals surface area (Å²) < 4.78 is 0. The first-order valence-corrected chi connectivity index (χ1v) is 13.6. The molecular weight excluding hydrogens is 416 g/mol. The maximum Gasteiger partial charge on any atom is 0.136 e. The summed E-state index contributed by atoms with van der Waals surface area (Å²) >= 11 is 0. The molecule has 0 aromatic carbocycles. The molecule has 4 N–H and O–H groups in total. The number of rotatable bonds is 5. The number of aliphatic hydroxyl groups excluding tert-OH is 4. The van der Waals surface area contributed by atoms with Crippen LogP contribution in [0.4, 0.5) is 0 Å². The van der Waals surface area contributed by atoms with Crippen LogP contribution in [0.2, 0.25) is 0 Å². The van der Waals surface area contributed by atoms with Gasteiger partial charge in [-0.1, -0.05) is 41.5 Å². The van der Waals surface area contributed by atoms with Gasteiger partial charge in [0, 0.05) is 12.3 Å². The summed E-state index contributed by atoms with van der Waals surface area (Å²) in [4.78, 5) is 13.3. The molecule has 4 aliphatic rings. The van der Waals surface area contributed by atoms with Gasteiger partial charge >= 0.3 is 0 Å². The number of fused-ring (bicyclic) bond motifs is 5. The molecule has 0 unspecified atom stereocenters. The highest BCUT2D eigenvalue weighted by molar-refractivity contribution is 5.83. The highest BCUT2D eigenvalue weighted by atomic mass is 16.3. The fourth-order valence-electron chi connectivity index (χ4n) is 9.23. The molecule has 0 heterocycles. The first-order valence-electron chi connectivity index (χ1n) is 13.6. The standard InChI is InChI=1S/C28H48O5/c1-14(2)15(3)25(32)26(33)16(4)18-7-8-19-17-11-22(29)21-12-23(30)24(31)13-28(21,6)20(17)9-10-27(18,19)5/h14-21,23-26,30-33H,7-13H2,1-6H3/t15-,16-,17-,18+,19-,20-,21+,23-,24+,25-,26-,27+,28+/m0/s1. The zero-order valence-electron chi connectivity index (χ0n) is 21.6. The topological polar surface area (TPSA) is 98.0 Å². The third-order valence-electron chi connectivity index (χ3n) is 11.7. The van der Waals surface area contributed by atoms with Gasteiger partial charge in [-0.25, -0.2) is 0 Å². The lowest BCUT2D eigenvalue weighted by Gasteiger charge is -2.61. The molecule has 4 saturated carbocycles. The smallest absolute Gasteiger partial charge is 0.136 e. The van der Waals surface area contributed by atoms with Gasteiger partial charge in [0.05, 0.1) is 24.4 Å². The van der Waals surface area contributed by atoms with Crippen molar-refractivity contribution < 1.29 is 25.2 Å². The lowest BCUT2D eigenvalue weighted by Crippen LogP contribution is -2.59. The normalized spacial score (nSPS) is 49.1. The van der Waals surface area contributed by atoms with Gasteiger partial charge in [-0.05, 0) is 90.8 Å². The predicted octanol–water partition coefficient (Wildman–Crippen LogP) is 3.81. The Bertz CT molecular complexity index is 738. The maximum atomic E-state index is 13.3. The summed E-state index contributed by atoms with van der Waals surface area (Å²) in [6, 6.07) is 0. The minimum Gasteiger partial charge on any atom is -0.390 e. The van der Waals surface area contributed by atoms with Crippen molar-refractivity contribution in [2.45, 2.75) is 111 Å². The second-order valence-corrected chi connectivity index (χ2v) is 13.4. The quantitative estimate of drug-likeness (QED) is 0.496. The van der Waals surface area contributed by atoms with E-state index in [4.69, 9.17) is 0 Å². The first-order chi connectivity index (χ1) is 15.3. The molecule has 0 radical (unpaired) electrons. The van der Waals surface area contributed by atoms with Crippen molar-refractivity contribution in [3.63, 3.8) is 0 Å². The van der Waals surface area contributed by atoms with E-state index in [2.05, 4.69) is 34.6 Å². The summed E-state index contributed by atoms with van der Waals surface area (Å²) in [6.45, 7) is 12.9. The Morgan fingerprint density at radius 1 is 0.879 bits per heavy atom. The van der Waals surface area contributed by atoms with Crippen LogP contribution >= 0.6 is 0 Å². The van der Waals surface area contributed by atoms with Crippen molar-refractivity contribution in [3.05, 3.63) is 0 Å². The number of ketones is 1. The number of hydrogen-bond acceptors (Lipinski definition) is 5. The maximum absolute atomic E-state index is 13.3. The second kappa shape index (κ2) is 8.87. The Morgan fingerprint density at radius 3 is 2.15 bits per heavy atom. The molecule has 0 saturated heterocycles. The third kappa shape index (κ3) is 3.93. The van der Waals surface area contributed by atoms with Gasteiger partial charge in [-0.2, -0.15) is 0 Å². The van der Waals surface area contributed by atoms with E-state index in [1.807, 2.05) is 6.92 Å². The minimum absolute atomic E-state index is 0.0158. The van der Waals surface area contributed by atoms with Crippen molar-refractivity contribution in [2.24, 2.45) is 58.2 Å². The SMILES string of the molecule is CC(C)[C@H](C)[C@H](O)[C@@H](O)[C@@H](C)[C@H]1CC[C@H]2[C@@H]3CC(=O)[C@H]4C[C@H](O)[C@H](O)C[C@]4(C)[C@H]3CC[C@]12C. The monoisotopic (exact) mass is 464 g/mol. The van der Waals surface area contributed by atoms with Gasteiger partial charge in [0.2, 0.25) is 0 Å². The van der Waals surface area contributed by atoms with Crippen LogP contribution in [-0.2, 0) is 4.79 Å². The molecule has 0 bridgehead atoms. The molecule has 0 amide bonds. The molecule has 4 aliphatic carbocycles. The molecule has 0 aromatic rings. The van der Waals surface area contributed by atoms with Crippen LogP contribution in [0.3, 0.4) is 0 Å². The number of aliphatic hydroxyl groups is 4. The summed E-state index contributed by atoms with van der Waals surface area (Å²) in [5.41, 5.74) is -0.162. The van der Waals surface area contributed by atoms with Crippen LogP contribution in [0.25, 0.3) is 0 Å². The average molecular weight is 465 g/mol. The zero-order valence-corrected chi connectivity index (χ0v) is 21.6. The third-order valence-corrected chi connectivity index (χ3v) is 11.7. The van der Waals surface area contributed by atoms with Crippen LogP contribution in [0.1, 0.15) is 86.5 Å². The summed E-state index contributed by atoms with van der Waals surface area (Å²) in [7, 11) is 0. The second-order valence-electron chi connectivity index (χ2n) is 13.4. The highest BCUT2D eigenvalue weighted by Gasteiger charge is 2.63. The van der Waals surface area contributed by atoms with E-state index in [-0.39, 0.29) is 34.4 Å². The first kappa shape index (κ1) is 25.6. The van der Waals surface area contributed by atoms with Gasteiger partial charge in [0.25, 0.3) is 0 Å². The van der Waals surface area contributed by atoms with E-state index in [1.165, 1.54) is 0 Å². The molecular formula is C28H48O5. The van der Waals surface area contributed by atoms with E-state index in [9.17, 15) is 25.2 Å². The molecule has 4 rings (SSSR count). The highest BCUT2D eigenvalue weighted by Crippen LogP contribution is 2.67. The average Bonchev–Trinajstić information content (AvgIpc) is 3.10. The summed E-state index contributed by atoms with van der Waals surface area (Å²) in [6.07, 6.45) is 2.80. The zero-order chi connectivity index (χ0) is 24.5. The number of Topliss-reactive ketones (excluding diaryl/α,β-unsaturated/α-hetero) is 1. The molecule has 33 heavy (non-hydrogen) atoms. The van der Waals surface area contributed by atoms with E-state index in [0.29, 0.717) is 48.9 Å². The summed E-state index contributed by atoms with van der Waals surface area (Å²) in [5.74, 6) is 2.05. The lowest BCUT2D eigenvalue weighted by molar-refractivity contribution is -0.175. The molecule has 5 nitrogen and oxygen atoms in total. The van der Waals surface area contributed by atoms with E-state index in [0.717, 1.165) is 25.7 Å². The van der Waals surface area contributed by atoms with E-state index < -0.39 is 24.4 Å². The fourth-order valence-corrected chi connectivity index (χ4v) is 9.23. The van der Waals surface area contributed by atoms with Gasteiger partial charge in [0.1, 0.15) is 5.78 Å². The van der Waals surface area contributed by atoms with Gasteiger partial charge in [-0.3, -0.25) is 4.79 Å². The number of hydrogen-bond donors (Lipinski definition) is 4. The van der Waals surface area contributed by atoms with Gasteiger partial charge in [0.15, 0.2) is 0 Å². The van der Waals surface area contributed by atoms with Gasteiger partial charge in [-0.15, -0.1) is 0 Å². The van der Waals surface area contributed by atoms with Crippen LogP contribution in [0, 0.1) is 58.2 Å². The molecule has 0 aromatic heterocycles. The molecule has 13 atom stereocenters. The van der Waals surface area contributed by atoms with E-state index in [1.54, 1.807) is 0 Å². The molecule has 0 aliphatic heterocycles. The molecule has 190 valence electrons. The molecule has 0 spiro atoms. The van der Waals surface area contributed by atoms with Crippen molar-refractivity contribution in [3.8, 4) is 0 Å². The lowest BCUT2D eigenvalue weighted by atomic mass is 9.44.